The molecule has 0 spiro atoms. The van der Waals surface area contributed by atoms with Gasteiger partial charge in [-0.05, 0) is 23.6 Å². The smallest absolute Gasteiger partial charge is 0.220 e. The molecule has 1 amide bonds. The average Bonchev–Trinajstić information content (AvgIpc) is 3.01. The predicted octanol–water partition coefficient (Wildman–Crippen LogP) is 3.99. The molecule has 1 N–H and O–H groups in total. The van der Waals surface area contributed by atoms with Crippen molar-refractivity contribution >= 4 is 17.5 Å². The number of halogens is 1. The predicted molar refractivity (Wildman–Crippen MR) is 100 cm³/mol. The van der Waals surface area contributed by atoms with Crippen LogP contribution in [0.25, 0.3) is 11.3 Å². The van der Waals surface area contributed by atoms with E-state index in [-0.39, 0.29) is 5.91 Å². The minimum atomic E-state index is 0.00258. The SMILES string of the molecule is Cn1cc(CCC(=O)NCc2ccccc2Cl)c(-c2ccccc2)n1. The maximum absolute atomic E-state index is 12.2. The Morgan fingerprint density at radius 2 is 1.80 bits per heavy atom. The second kappa shape index (κ2) is 7.99. The van der Waals surface area contributed by atoms with Crippen molar-refractivity contribution in [3.8, 4) is 11.3 Å². The molecule has 0 aliphatic rings. The highest BCUT2D eigenvalue weighted by molar-refractivity contribution is 6.31. The normalized spacial score (nSPS) is 10.6. The van der Waals surface area contributed by atoms with Crippen LogP contribution in [0, 0.1) is 0 Å². The van der Waals surface area contributed by atoms with Gasteiger partial charge in [0.1, 0.15) is 0 Å². The van der Waals surface area contributed by atoms with Crippen molar-refractivity contribution in [2.24, 2.45) is 7.05 Å². The van der Waals surface area contributed by atoms with Gasteiger partial charge in [0.25, 0.3) is 0 Å². The van der Waals surface area contributed by atoms with E-state index in [0.29, 0.717) is 24.4 Å². The van der Waals surface area contributed by atoms with E-state index < -0.39 is 0 Å². The van der Waals surface area contributed by atoms with Gasteiger partial charge >= 0.3 is 0 Å². The highest BCUT2D eigenvalue weighted by atomic mass is 35.5. The number of aryl methyl sites for hydroxylation is 2. The molecule has 3 aromatic rings. The van der Waals surface area contributed by atoms with Gasteiger partial charge in [0.15, 0.2) is 0 Å². The van der Waals surface area contributed by atoms with Crippen LogP contribution in [0.5, 0.6) is 0 Å². The summed E-state index contributed by atoms with van der Waals surface area (Å²) in [4.78, 5) is 12.2. The highest BCUT2D eigenvalue weighted by Crippen LogP contribution is 2.22. The first-order chi connectivity index (χ1) is 12.1. The summed E-state index contributed by atoms with van der Waals surface area (Å²) >= 11 is 6.11. The van der Waals surface area contributed by atoms with Gasteiger partial charge < -0.3 is 5.32 Å². The molecule has 1 heterocycles. The van der Waals surface area contributed by atoms with E-state index in [9.17, 15) is 4.79 Å². The summed E-state index contributed by atoms with van der Waals surface area (Å²) < 4.78 is 1.79. The largest absolute Gasteiger partial charge is 0.352 e. The Hall–Kier alpha value is -2.59. The number of carbonyl (C=O) groups excluding carboxylic acids is 1. The third-order valence-corrected chi connectivity index (χ3v) is 4.38. The standard InChI is InChI=1S/C20H20ClN3O/c1-24-14-17(20(23-24)15-7-3-2-4-8-15)11-12-19(25)22-13-16-9-5-6-10-18(16)21/h2-10,14H,11-13H2,1H3,(H,22,25). The van der Waals surface area contributed by atoms with Crippen LogP contribution in [0.15, 0.2) is 60.8 Å². The van der Waals surface area contributed by atoms with Crippen molar-refractivity contribution in [1.82, 2.24) is 15.1 Å². The summed E-state index contributed by atoms with van der Waals surface area (Å²) in [5.41, 5.74) is 3.99. The van der Waals surface area contributed by atoms with Crippen LogP contribution in [0.3, 0.4) is 0 Å². The second-order valence-electron chi connectivity index (χ2n) is 5.91. The van der Waals surface area contributed by atoms with Crippen molar-refractivity contribution in [3.63, 3.8) is 0 Å². The first-order valence-electron chi connectivity index (χ1n) is 8.21. The molecule has 0 saturated heterocycles. The molecule has 0 unspecified atom stereocenters. The van der Waals surface area contributed by atoms with E-state index in [1.54, 1.807) is 4.68 Å². The Balaban J connectivity index is 1.60. The molecule has 0 radical (unpaired) electrons. The summed E-state index contributed by atoms with van der Waals surface area (Å²) in [5.74, 6) is 0.00258. The lowest BCUT2D eigenvalue weighted by molar-refractivity contribution is -0.121. The molecule has 0 atom stereocenters. The van der Waals surface area contributed by atoms with Gasteiger partial charge in [-0.3, -0.25) is 9.48 Å². The molecule has 0 fully saturated rings. The summed E-state index contributed by atoms with van der Waals surface area (Å²) in [6, 6.07) is 17.5. The molecule has 0 saturated carbocycles. The van der Waals surface area contributed by atoms with Gasteiger partial charge in [-0.25, -0.2) is 0 Å². The van der Waals surface area contributed by atoms with E-state index in [4.69, 9.17) is 11.6 Å². The first kappa shape index (κ1) is 17.2. The molecule has 5 heteroatoms. The van der Waals surface area contributed by atoms with E-state index >= 15 is 0 Å². The van der Waals surface area contributed by atoms with Crippen molar-refractivity contribution in [2.45, 2.75) is 19.4 Å². The van der Waals surface area contributed by atoms with Crippen LogP contribution >= 0.6 is 11.6 Å². The third-order valence-electron chi connectivity index (χ3n) is 4.01. The number of carbonyl (C=O) groups is 1. The average molecular weight is 354 g/mol. The van der Waals surface area contributed by atoms with Gasteiger partial charge in [-0.15, -0.1) is 0 Å². The van der Waals surface area contributed by atoms with Crippen LogP contribution in [0.2, 0.25) is 5.02 Å². The quantitative estimate of drug-likeness (QED) is 0.728. The van der Waals surface area contributed by atoms with E-state index in [1.807, 2.05) is 67.8 Å². The minimum Gasteiger partial charge on any atom is -0.352 e. The van der Waals surface area contributed by atoms with E-state index in [0.717, 1.165) is 22.4 Å². The van der Waals surface area contributed by atoms with Crippen molar-refractivity contribution in [2.75, 3.05) is 0 Å². The number of nitrogens with one attached hydrogen (secondary N) is 1. The van der Waals surface area contributed by atoms with Crippen molar-refractivity contribution < 1.29 is 4.79 Å². The lowest BCUT2D eigenvalue weighted by Gasteiger charge is -2.07. The number of hydrogen-bond donors (Lipinski definition) is 1. The molecular formula is C20H20ClN3O. The molecule has 1 aromatic heterocycles. The molecule has 2 aromatic carbocycles. The Labute approximate surface area is 152 Å². The summed E-state index contributed by atoms with van der Waals surface area (Å²) in [5, 5.41) is 8.12. The minimum absolute atomic E-state index is 0.00258. The number of hydrogen-bond acceptors (Lipinski definition) is 2. The van der Waals surface area contributed by atoms with E-state index in [1.165, 1.54) is 0 Å². The zero-order valence-corrected chi connectivity index (χ0v) is 14.8. The Kier molecular flexibility index (Phi) is 5.51. The Morgan fingerprint density at radius 1 is 1.08 bits per heavy atom. The Morgan fingerprint density at radius 3 is 2.56 bits per heavy atom. The van der Waals surface area contributed by atoms with Gasteiger partial charge in [-0.1, -0.05) is 60.1 Å². The molecule has 25 heavy (non-hydrogen) atoms. The van der Waals surface area contributed by atoms with E-state index in [2.05, 4.69) is 10.4 Å². The first-order valence-corrected chi connectivity index (χ1v) is 8.59. The monoisotopic (exact) mass is 353 g/mol. The molecule has 0 aliphatic carbocycles. The number of nitrogens with zero attached hydrogens (tertiary/aromatic N) is 2. The fraction of sp³-hybridized carbons (Fsp3) is 0.200. The van der Waals surface area contributed by atoms with Crippen LogP contribution in [-0.4, -0.2) is 15.7 Å². The van der Waals surface area contributed by atoms with Crippen molar-refractivity contribution in [3.05, 3.63) is 76.9 Å². The molecule has 0 bridgehead atoms. The molecule has 3 rings (SSSR count). The number of amides is 1. The highest BCUT2D eigenvalue weighted by Gasteiger charge is 2.12. The second-order valence-corrected chi connectivity index (χ2v) is 6.32. The van der Waals surface area contributed by atoms with Crippen molar-refractivity contribution in [1.29, 1.82) is 0 Å². The number of rotatable bonds is 6. The maximum Gasteiger partial charge on any atom is 0.220 e. The zero-order chi connectivity index (χ0) is 17.6. The maximum atomic E-state index is 12.2. The van der Waals surface area contributed by atoms with Crippen LogP contribution in [-0.2, 0) is 24.8 Å². The van der Waals surface area contributed by atoms with Crippen LogP contribution in [0.1, 0.15) is 17.5 Å². The van der Waals surface area contributed by atoms with Gasteiger partial charge in [0.2, 0.25) is 5.91 Å². The molecular weight excluding hydrogens is 334 g/mol. The number of benzene rings is 2. The topological polar surface area (TPSA) is 46.9 Å². The fourth-order valence-electron chi connectivity index (χ4n) is 2.73. The molecule has 0 aliphatic heterocycles. The van der Waals surface area contributed by atoms with Gasteiger partial charge in [0.05, 0.1) is 5.69 Å². The van der Waals surface area contributed by atoms with Crippen LogP contribution in [0.4, 0.5) is 0 Å². The molecule has 4 nitrogen and oxygen atoms in total. The van der Waals surface area contributed by atoms with Gasteiger partial charge in [-0.2, -0.15) is 5.10 Å². The third kappa shape index (κ3) is 4.48. The fourth-order valence-corrected chi connectivity index (χ4v) is 2.93. The lowest BCUT2D eigenvalue weighted by atomic mass is 10.0. The lowest BCUT2D eigenvalue weighted by Crippen LogP contribution is -2.23. The molecule has 128 valence electrons. The zero-order valence-electron chi connectivity index (χ0n) is 14.1. The summed E-state index contributed by atoms with van der Waals surface area (Å²) in [6.45, 7) is 0.442. The Bertz CT molecular complexity index is 858. The summed E-state index contributed by atoms with van der Waals surface area (Å²) in [7, 11) is 1.90. The summed E-state index contributed by atoms with van der Waals surface area (Å²) in [6.07, 6.45) is 3.03. The number of aromatic nitrogens is 2. The van der Waals surface area contributed by atoms with Gasteiger partial charge in [0, 0.05) is 36.8 Å². The van der Waals surface area contributed by atoms with Crippen LogP contribution < -0.4 is 5.32 Å².